The van der Waals surface area contributed by atoms with Crippen molar-refractivity contribution in [2.75, 3.05) is 20.2 Å². The number of ether oxygens (including phenoxy) is 1. The first-order valence-corrected chi connectivity index (χ1v) is 5.57. The van der Waals surface area contributed by atoms with E-state index in [1.807, 2.05) is 0 Å². The van der Waals surface area contributed by atoms with Crippen LogP contribution in [0.2, 0.25) is 0 Å². The molecule has 0 bridgehead atoms. The van der Waals surface area contributed by atoms with Crippen molar-refractivity contribution in [2.24, 2.45) is 0 Å². The van der Waals surface area contributed by atoms with Crippen molar-refractivity contribution < 1.29 is 4.74 Å². The summed E-state index contributed by atoms with van der Waals surface area (Å²) in [6.07, 6.45) is 0.312. The van der Waals surface area contributed by atoms with E-state index in [2.05, 4.69) is 37.9 Å². The average Bonchev–Trinajstić information content (AvgIpc) is 2.14. The van der Waals surface area contributed by atoms with Gasteiger partial charge in [-0.15, -0.1) is 0 Å². The van der Waals surface area contributed by atoms with E-state index >= 15 is 0 Å². The molecule has 1 rings (SSSR count). The zero-order chi connectivity index (χ0) is 10.7. The largest absolute Gasteiger partial charge is 0.380 e. The van der Waals surface area contributed by atoms with Gasteiger partial charge in [-0.1, -0.05) is 0 Å². The highest BCUT2D eigenvalue weighted by molar-refractivity contribution is 4.85. The summed E-state index contributed by atoms with van der Waals surface area (Å²) in [5.41, 5.74) is 0. The minimum Gasteiger partial charge on any atom is -0.380 e. The Morgan fingerprint density at radius 1 is 1.21 bits per heavy atom. The summed E-state index contributed by atoms with van der Waals surface area (Å²) in [6.45, 7) is 11.1. The Kier molecular flexibility index (Phi) is 4.35. The van der Waals surface area contributed by atoms with Crippen LogP contribution in [0.3, 0.4) is 0 Å². The van der Waals surface area contributed by atoms with Crippen molar-refractivity contribution in [1.29, 1.82) is 0 Å². The Labute approximate surface area is 87.8 Å². The Morgan fingerprint density at radius 2 is 1.71 bits per heavy atom. The van der Waals surface area contributed by atoms with Crippen molar-refractivity contribution in [3.05, 3.63) is 0 Å². The first-order valence-electron chi connectivity index (χ1n) is 5.57. The summed E-state index contributed by atoms with van der Waals surface area (Å²) >= 11 is 0. The van der Waals surface area contributed by atoms with E-state index in [1.54, 1.807) is 7.11 Å². The van der Waals surface area contributed by atoms with Gasteiger partial charge < -0.3 is 10.1 Å². The number of nitrogens with zero attached hydrogens (tertiary/aromatic N) is 1. The number of hydrogen-bond acceptors (Lipinski definition) is 3. The summed E-state index contributed by atoms with van der Waals surface area (Å²) in [6, 6.07) is 1.68. The fraction of sp³-hybridized carbons (Fsp3) is 1.00. The zero-order valence-corrected chi connectivity index (χ0v) is 10.1. The van der Waals surface area contributed by atoms with E-state index in [4.69, 9.17) is 4.74 Å². The molecule has 3 nitrogen and oxygen atoms in total. The van der Waals surface area contributed by atoms with Gasteiger partial charge in [-0.2, -0.15) is 0 Å². The van der Waals surface area contributed by atoms with Crippen molar-refractivity contribution in [2.45, 2.75) is 51.9 Å². The number of hydrogen-bond donors (Lipinski definition) is 1. The molecule has 84 valence electrons. The quantitative estimate of drug-likeness (QED) is 0.738. The van der Waals surface area contributed by atoms with Crippen molar-refractivity contribution >= 4 is 0 Å². The van der Waals surface area contributed by atoms with E-state index in [1.165, 1.54) is 0 Å². The van der Waals surface area contributed by atoms with E-state index in [9.17, 15) is 0 Å². The first-order chi connectivity index (χ1) is 6.54. The maximum Gasteiger partial charge on any atom is 0.0695 e. The summed E-state index contributed by atoms with van der Waals surface area (Å²) in [5, 5.41) is 3.54. The van der Waals surface area contributed by atoms with E-state index < -0.39 is 0 Å². The molecule has 1 heterocycles. The molecular formula is C11H24N2O. The minimum absolute atomic E-state index is 0.312. The molecule has 0 saturated carbocycles. The van der Waals surface area contributed by atoms with Crippen LogP contribution in [0.4, 0.5) is 0 Å². The zero-order valence-electron chi connectivity index (χ0n) is 10.1. The normalized spacial score (nSPS) is 34.1. The summed E-state index contributed by atoms with van der Waals surface area (Å²) in [7, 11) is 1.79. The van der Waals surface area contributed by atoms with Crippen LogP contribution in [0.5, 0.6) is 0 Å². The van der Waals surface area contributed by atoms with Crippen LogP contribution in [0.25, 0.3) is 0 Å². The molecule has 0 amide bonds. The smallest absolute Gasteiger partial charge is 0.0695 e. The molecule has 0 aromatic heterocycles. The predicted molar refractivity (Wildman–Crippen MR) is 59.6 cm³/mol. The van der Waals surface area contributed by atoms with Gasteiger partial charge >= 0.3 is 0 Å². The second kappa shape index (κ2) is 5.10. The van der Waals surface area contributed by atoms with Crippen LogP contribution < -0.4 is 5.32 Å². The van der Waals surface area contributed by atoms with E-state index in [-0.39, 0.29) is 0 Å². The second-order valence-corrected chi connectivity index (χ2v) is 4.60. The lowest BCUT2D eigenvalue weighted by atomic mass is 10.1. The van der Waals surface area contributed by atoms with Gasteiger partial charge in [0.2, 0.25) is 0 Å². The number of methoxy groups -OCH3 is 1. The molecule has 0 aliphatic carbocycles. The highest BCUT2D eigenvalue weighted by Gasteiger charge is 2.27. The molecule has 0 radical (unpaired) electrons. The number of piperazine rings is 1. The topological polar surface area (TPSA) is 24.5 Å². The number of nitrogens with one attached hydrogen (secondary N) is 1. The Bertz CT molecular complexity index is 165. The van der Waals surface area contributed by atoms with Gasteiger partial charge in [0.25, 0.3) is 0 Å². The summed E-state index contributed by atoms with van der Waals surface area (Å²) in [5.74, 6) is 0. The van der Waals surface area contributed by atoms with Gasteiger partial charge in [-0.3, -0.25) is 4.90 Å². The molecule has 4 unspecified atom stereocenters. The van der Waals surface area contributed by atoms with E-state index in [0.717, 1.165) is 13.1 Å². The fourth-order valence-electron chi connectivity index (χ4n) is 2.20. The lowest BCUT2D eigenvalue weighted by molar-refractivity contribution is 0.0156. The van der Waals surface area contributed by atoms with Crippen LogP contribution in [0.1, 0.15) is 27.7 Å². The standard InChI is InChI=1S/C11H24N2O/c1-8-6-13(7-9(2)12-8)10(3)11(4)14-5/h8-12H,6-7H2,1-5H3. The Morgan fingerprint density at radius 3 is 2.14 bits per heavy atom. The molecule has 3 heteroatoms. The third-order valence-corrected chi connectivity index (χ3v) is 3.21. The van der Waals surface area contributed by atoms with Gasteiger partial charge in [-0.05, 0) is 27.7 Å². The van der Waals surface area contributed by atoms with Crippen molar-refractivity contribution in [1.82, 2.24) is 10.2 Å². The monoisotopic (exact) mass is 200 g/mol. The summed E-state index contributed by atoms with van der Waals surface area (Å²) in [4.78, 5) is 2.51. The average molecular weight is 200 g/mol. The molecular weight excluding hydrogens is 176 g/mol. The maximum absolute atomic E-state index is 5.37. The molecule has 4 atom stereocenters. The van der Waals surface area contributed by atoms with Gasteiger partial charge in [-0.25, -0.2) is 0 Å². The molecule has 1 fully saturated rings. The lowest BCUT2D eigenvalue weighted by Crippen LogP contribution is -2.58. The Hall–Kier alpha value is -0.120. The van der Waals surface area contributed by atoms with E-state index in [0.29, 0.717) is 24.2 Å². The Balaban J connectivity index is 2.50. The van der Waals surface area contributed by atoms with Crippen LogP contribution in [0.15, 0.2) is 0 Å². The fourth-order valence-corrected chi connectivity index (χ4v) is 2.20. The number of rotatable bonds is 3. The molecule has 14 heavy (non-hydrogen) atoms. The van der Waals surface area contributed by atoms with Crippen LogP contribution >= 0.6 is 0 Å². The second-order valence-electron chi connectivity index (χ2n) is 4.60. The SMILES string of the molecule is COC(C)C(C)N1CC(C)NC(C)C1. The van der Waals surface area contributed by atoms with Gasteiger partial charge in [0, 0.05) is 38.3 Å². The van der Waals surface area contributed by atoms with Gasteiger partial charge in [0.1, 0.15) is 0 Å². The van der Waals surface area contributed by atoms with Crippen molar-refractivity contribution in [3.63, 3.8) is 0 Å². The maximum atomic E-state index is 5.37. The predicted octanol–water partition coefficient (Wildman–Crippen LogP) is 1.09. The molecule has 0 aromatic rings. The molecule has 0 spiro atoms. The van der Waals surface area contributed by atoms with Crippen molar-refractivity contribution in [3.8, 4) is 0 Å². The summed E-state index contributed by atoms with van der Waals surface area (Å²) < 4.78 is 5.37. The molecule has 0 aromatic carbocycles. The molecule has 1 N–H and O–H groups in total. The highest BCUT2D eigenvalue weighted by Crippen LogP contribution is 2.12. The van der Waals surface area contributed by atoms with Gasteiger partial charge in [0.05, 0.1) is 6.10 Å². The first kappa shape index (κ1) is 12.0. The van der Waals surface area contributed by atoms with Crippen LogP contribution in [-0.2, 0) is 4.74 Å². The van der Waals surface area contributed by atoms with Crippen LogP contribution in [-0.4, -0.2) is 49.3 Å². The highest BCUT2D eigenvalue weighted by atomic mass is 16.5. The van der Waals surface area contributed by atoms with Crippen LogP contribution in [0, 0.1) is 0 Å². The molecule has 1 aliphatic heterocycles. The lowest BCUT2D eigenvalue weighted by Gasteiger charge is -2.41. The third kappa shape index (κ3) is 2.94. The third-order valence-electron chi connectivity index (χ3n) is 3.21. The minimum atomic E-state index is 0.312. The van der Waals surface area contributed by atoms with Gasteiger partial charge in [0.15, 0.2) is 0 Å². The molecule has 1 aliphatic rings. The molecule has 1 saturated heterocycles.